The highest BCUT2D eigenvalue weighted by Gasteiger charge is 2.51. The Balaban J connectivity index is 1.58. The van der Waals surface area contributed by atoms with Gasteiger partial charge >= 0.3 is 0 Å². The van der Waals surface area contributed by atoms with Crippen LogP contribution in [0.4, 0.5) is 10.2 Å². The van der Waals surface area contributed by atoms with Crippen molar-refractivity contribution in [1.82, 2.24) is 10.3 Å². The number of nitrogens with one attached hydrogen (secondary N) is 1. The van der Waals surface area contributed by atoms with Crippen LogP contribution in [-0.4, -0.2) is 16.4 Å². The first-order valence-electron chi connectivity index (χ1n) is 7.77. The minimum atomic E-state index is -0.709. The molecule has 4 saturated carbocycles. The first-order chi connectivity index (χ1) is 10.0. The van der Waals surface area contributed by atoms with Gasteiger partial charge in [-0.2, -0.15) is 0 Å². The van der Waals surface area contributed by atoms with E-state index in [4.69, 9.17) is 5.73 Å². The Morgan fingerprint density at radius 3 is 2.38 bits per heavy atom. The molecule has 0 aliphatic heterocycles. The average Bonchev–Trinajstić information content (AvgIpc) is 2.39. The summed E-state index contributed by atoms with van der Waals surface area (Å²) in [6.45, 7) is 0. The van der Waals surface area contributed by atoms with Gasteiger partial charge in [-0.1, -0.05) is 0 Å². The Morgan fingerprint density at radius 1 is 1.24 bits per heavy atom. The van der Waals surface area contributed by atoms with Crippen molar-refractivity contribution in [1.29, 1.82) is 0 Å². The second kappa shape index (κ2) is 4.42. The zero-order valence-electron chi connectivity index (χ0n) is 11.9. The molecule has 0 aromatic carbocycles. The normalized spacial score (nSPS) is 36.7. The van der Waals surface area contributed by atoms with Gasteiger partial charge in [0.1, 0.15) is 0 Å². The minimum absolute atomic E-state index is 0.0123. The first-order valence-corrected chi connectivity index (χ1v) is 7.77. The van der Waals surface area contributed by atoms with Crippen molar-refractivity contribution in [3.63, 3.8) is 0 Å². The second-order valence-corrected chi connectivity index (χ2v) is 7.21. The maximum Gasteiger partial charge on any atom is 0.254 e. The molecule has 1 amide bonds. The van der Waals surface area contributed by atoms with E-state index in [1.54, 1.807) is 0 Å². The topological polar surface area (TPSA) is 68.0 Å². The highest BCUT2D eigenvalue weighted by molar-refractivity contribution is 5.95. The maximum absolute atomic E-state index is 14.0. The van der Waals surface area contributed by atoms with E-state index in [9.17, 15) is 9.18 Å². The molecule has 3 N–H and O–H groups in total. The molecule has 5 rings (SSSR count). The largest absolute Gasteiger partial charge is 0.381 e. The van der Waals surface area contributed by atoms with Crippen LogP contribution in [0.15, 0.2) is 12.3 Å². The first kappa shape index (κ1) is 13.0. The Bertz CT molecular complexity index is 566. The van der Waals surface area contributed by atoms with Crippen molar-refractivity contribution in [3.8, 4) is 0 Å². The van der Waals surface area contributed by atoms with Crippen LogP contribution in [0.5, 0.6) is 0 Å². The lowest BCUT2D eigenvalue weighted by Gasteiger charge is -2.56. The van der Waals surface area contributed by atoms with Gasteiger partial charge in [-0.05, 0) is 62.3 Å². The Kier molecular flexibility index (Phi) is 2.75. The van der Waals surface area contributed by atoms with Gasteiger partial charge in [0.25, 0.3) is 5.91 Å². The third kappa shape index (κ3) is 2.10. The van der Waals surface area contributed by atoms with Crippen molar-refractivity contribution in [3.05, 3.63) is 23.6 Å². The molecule has 0 atom stereocenters. The molecule has 4 fully saturated rings. The molecule has 5 heteroatoms. The molecule has 4 bridgehead atoms. The molecule has 4 aliphatic carbocycles. The van der Waals surface area contributed by atoms with Crippen LogP contribution >= 0.6 is 0 Å². The maximum atomic E-state index is 14.0. The summed E-state index contributed by atoms with van der Waals surface area (Å²) in [5, 5.41) is 3.15. The molecule has 0 unspecified atom stereocenters. The van der Waals surface area contributed by atoms with Crippen LogP contribution in [0.2, 0.25) is 0 Å². The van der Waals surface area contributed by atoms with E-state index in [-0.39, 0.29) is 22.8 Å². The van der Waals surface area contributed by atoms with Crippen molar-refractivity contribution in [2.45, 2.75) is 44.1 Å². The van der Waals surface area contributed by atoms with Gasteiger partial charge < -0.3 is 11.1 Å². The van der Waals surface area contributed by atoms with Gasteiger partial charge in [-0.25, -0.2) is 9.37 Å². The van der Waals surface area contributed by atoms with Gasteiger partial charge in [-0.15, -0.1) is 0 Å². The lowest BCUT2D eigenvalue weighted by atomic mass is 9.53. The van der Waals surface area contributed by atoms with Crippen LogP contribution in [0, 0.1) is 23.6 Å². The van der Waals surface area contributed by atoms with E-state index >= 15 is 0 Å². The van der Waals surface area contributed by atoms with Crippen molar-refractivity contribution in [2.24, 2.45) is 17.8 Å². The van der Waals surface area contributed by atoms with E-state index in [0.29, 0.717) is 0 Å². The zero-order chi connectivity index (χ0) is 14.6. The molecule has 4 aliphatic rings. The zero-order valence-corrected chi connectivity index (χ0v) is 11.9. The van der Waals surface area contributed by atoms with Gasteiger partial charge in [-0.3, -0.25) is 4.79 Å². The fourth-order valence-corrected chi connectivity index (χ4v) is 5.21. The van der Waals surface area contributed by atoms with Crippen LogP contribution in [0.3, 0.4) is 0 Å². The lowest BCUT2D eigenvalue weighted by Crippen LogP contribution is -2.59. The Labute approximate surface area is 123 Å². The molecule has 1 heterocycles. The third-order valence-corrected chi connectivity index (χ3v) is 5.58. The van der Waals surface area contributed by atoms with E-state index in [0.717, 1.165) is 37.0 Å². The molecule has 0 spiro atoms. The summed E-state index contributed by atoms with van der Waals surface area (Å²) >= 11 is 0. The SMILES string of the molecule is Nc1nccc(C(=O)NC23CC4CC(CC(C4)C2)C3)c1F. The van der Waals surface area contributed by atoms with Crippen molar-refractivity contribution in [2.75, 3.05) is 5.73 Å². The van der Waals surface area contributed by atoms with E-state index in [1.807, 2.05) is 0 Å². The number of nitrogens with zero attached hydrogens (tertiary/aromatic N) is 1. The number of nitrogens with two attached hydrogens (primary N) is 1. The summed E-state index contributed by atoms with van der Waals surface area (Å²) in [5.74, 6) is 0.952. The molecule has 1 aromatic rings. The number of halogens is 1. The summed E-state index contributed by atoms with van der Waals surface area (Å²) in [7, 11) is 0. The van der Waals surface area contributed by atoms with Crippen LogP contribution < -0.4 is 11.1 Å². The number of rotatable bonds is 2. The van der Waals surface area contributed by atoms with Crippen LogP contribution in [0.25, 0.3) is 0 Å². The predicted octanol–water partition coefficient (Wildman–Crippen LogP) is 2.50. The fourth-order valence-electron chi connectivity index (χ4n) is 5.21. The van der Waals surface area contributed by atoms with Crippen LogP contribution in [-0.2, 0) is 0 Å². The summed E-state index contributed by atoms with van der Waals surface area (Å²) in [5.41, 5.74) is 5.35. The van der Waals surface area contributed by atoms with Gasteiger partial charge in [0.15, 0.2) is 11.6 Å². The molecule has 0 saturated heterocycles. The quantitative estimate of drug-likeness (QED) is 0.879. The second-order valence-electron chi connectivity index (χ2n) is 7.21. The lowest BCUT2D eigenvalue weighted by molar-refractivity contribution is -0.0167. The predicted molar refractivity (Wildman–Crippen MR) is 77.0 cm³/mol. The number of anilines is 1. The summed E-state index contributed by atoms with van der Waals surface area (Å²) < 4.78 is 14.0. The molecular formula is C16H20FN3O. The summed E-state index contributed by atoms with van der Waals surface area (Å²) in [6, 6.07) is 1.40. The smallest absolute Gasteiger partial charge is 0.254 e. The molecular weight excluding hydrogens is 269 g/mol. The monoisotopic (exact) mass is 289 g/mol. The number of nitrogen functional groups attached to an aromatic ring is 1. The Hall–Kier alpha value is -1.65. The number of hydrogen-bond donors (Lipinski definition) is 2. The number of hydrogen-bond acceptors (Lipinski definition) is 3. The van der Waals surface area contributed by atoms with Gasteiger partial charge in [0.2, 0.25) is 0 Å². The van der Waals surface area contributed by atoms with Gasteiger partial charge in [0, 0.05) is 11.7 Å². The number of amides is 1. The number of carbonyl (C=O) groups excluding carboxylic acids is 1. The van der Waals surface area contributed by atoms with Crippen molar-refractivity contribution < 1.29 is 9.18 Å². The summed E-state index contributed by atoms with van der Waals surface area (Å²) in [6.07, 6.45) is 8.46. The molecule has 112 valence electrons. The van der Waals surface area contributed by atoms with Crippen LogP contribution in [0.1, 0.15) is 48.9 Å². The summed E-state index contributed by atoms with van der Waals surface area (Å²) in [4.78, 5) is 16.1. The Morgan fingerprint density at radius 2 is 1.81 bits per heavy atom. The number of pyridine rings is 1. The van der Waals surface area contributed by atoms with Gasteiger partial charge in [0.05, 0.1) is 5.56 Å². The highest BCUT2D eigenvalue weighted by atomic mass is 19.1. The standard InChI is InChI=1S/C16H20FN3O/c17-13-12(1-2-19-14(13)18)15(21)20-16-6-9-3-10(7-16)5-11(4-9)8-16/h1-2,9-11H,3-8H2,(H2,18,19)(H,20,21). The molecule has 1 aromatic heterocycles. The molecule has 0 radical (unpaired) electrons. The average molecular weight is 289 g/mol. The van der Waals surface area contributed by atoms with E-state index < -0.39 is 5.82 Å². The number of carbonyl (C=O) groups is 1. The highest BCUT2D eigenvalue weighted by Crippen LogP contribution is 2.55. The van der Waals surface area contributed by atoms with Crippen molar-refractivity contribution >= 4 is 11.7 Å². The van der Waals surface area contributed by atoms with E-state index in [2.05, 4.69) is 10.3 Å². The third-order valence-electron chi connectivity index (χ3n) is 5.58. The fraction of sp³-hybridized carbons (Fsp3) is 0.625. The van der Waals surface area contributed by atoms with E-state index in [1.165, 1.54) is 31.5 Å². The minimum Gasteiger partial charge on any atom is -0.381 e. The molecule has 21 heavy (non-hydrogen) atoms. The molecule has 4 nitrogen and oxygen atoms in total. The number of aromatic nitrogens is 1.